The Bertz CT molecular complexity index is 567. The lowest BCUT2D eigenvalue weighted by Gasteiger charge is -2.14. The molecule has 0 aromatic heterocycles. The van der Waals surface area contributed by atoms with E-state index >= 15 is 0 Å². The monoisotopic (exact) mass is 332 g/mol. The summed E-state index contributed by atoms with van der Waals surface area (Å²) in [6, 6.07) is 17.7. The minimum atomic E-state index is -0.133. The van der Waals surface area contributed by atoms with Crippen molar-refractivity contribution < 1.29 is 4.39 Å². The van der Waals surface area contributed by atoms with Gasteiger partial charge in [0.2, 0.25) is 0 Å². The summed E-state index contributed by atoms with van der Waals surface area (Å²) in [6.07, 6.45) is 2.21. The summed E-state index contributed by atoms with van der Waals surface area (Å²) < 4.78 is 13.3. The normalized spacial score (nSPS) is 22.5. The number of alkyl halides is 1. The SMILES string of the molecule is Fc1cccc(CC(CBr)C2CC2c2ccccc2)c1. The molecule has 104 valence electrons. The lowest BCUT2D eigenvalue weighted by atomic mass is 9.94. The van der Waals surface area contributed by atoms with Gasteiger partial charge in [-0.1, -0.05) is 58.4 Å². The molecule has 0 spiro atoms. The molecule has 2 aromatic carbocycles. The molecule has 0 nitrogen and oxygen atoms in total. The van der Waals surface area contributed by atoms with Crippen LogP contribution < -0.4 is 0 Å². The molecule has 0 saturated heterocycles. The smallest absolute Gasteiger partial charge is 0.123 e. The number of rotatable bonds is 5. The second-order valence-electron chi connectivity index (χ2n) is 5.67. The minimum Gasteiger partial charge on any atom is -0.207 e. The van der Waals surface area contributed by atoms with Crippen molar-refractivity contribution in [1.29, 1.82) is 0 Å². The predicted molar refractivity (Wildman–Crippen MR) is 84.7 cm³/mol. The zero-order valence-electron chi connectivity index (χ0n) is 11.3. The summed E-state index contributed by atoms with van der Waals surface area (Å²) >= 11 is 3.64. The van der Waals surface area contributed by atoms with Crippen LogP contribution in [-0.2, 0) is 6.42 Å². The Labute approximate surface area is 128 Å². The van der Waals surface area contributed by atoms with Crippen LogP contribution >= 0.6 is 15.9 Å². The van der Waals surface area contributed by atoms with Gasteiger partial charge in [0.25, 0.3) is 0 Å². The first-order valence-electron chi connectivity index (χ1n) is 7.13. The largest absolute Gasteiger partial charge is 0.207 e. The number of benzene rings is 2. The third-order valence-corrected chi connectivity index (χ3v) is 5.09. The zero-order chi connectivity index (χ0) is 13.9. The van der Waals surface area contributed by atoms with E-state index in [1.165, 1.54) is 18.1 Å². The van der Waals surface area contributed by atoms with Crippen LogP contribution in [0.5, 0.6) is 0 Å². The highest BCUT2D eigenvalue weighted by Crippen LogP contribution is 2.52. The molecule has 0 N–H and O–H groups in total. The topological polar surface area (TPSA) is 0 Å². The van der Waals surface area contributed by atoms with Gasteiger partial charge in [-0.25, -0.2) is 4.39 Å². The quantitative estimate of drug-likeness (QED) is 0.661. The van der Waals surface area contributed by atoms with E-state index in [1.807, 2.05) is 6.07 Å². The molecular formula is C18H18BrF. The molecular weight excluding hydrogens is 315 g/mol. The van der Waals surface area contributed by atoms with Crippen LogP contribution in [0.3, 0.4) is 0 Å². The highest BCUT2D eigenvalue weighted by Gasteiger charge is 2.42. The van der Waals surface area contributed by atoms with E-state index in [0.29, 0.717) is 11.8 Å². The van der Waals surface area contributed by atoms with E-state index in [1.54, 1.807) is 12.1 Å². The zero-order valence-corrected chi connectivity index (χ0v) is 12.9. The first kappa shape index (κ1) is 13.8. The average Bonchev–Trinajstić information content (AvgIpc) is 3.26. The summed E-state index contributed by atoms with van der Waals surface area (Å²) in [4.78, 5) is 0. The molecule has 20 heavy (non-hydrogen) atoms. The first-order chi connectivity index (χ1) is 9.78. The van der Waals surface area contributed by atoms with Gasteiger partial charge in [0.05, 0.1) is 0 Å². The van der Waals surface area contributed by atoms with Crippen molar-refractivity contribution in [1.82, 2.24) is 0 Å². The van der Waals surface area contributed by atoms with Crippen LogP contribution in [0, 0.1) is 17.7 Å². The van der Waals surface area contributed by atoms with Gasteiger partial charge >= 0.3 is 0 Å². The highest BCUT2D eigenvalue weighted by molar-refractivity contribution is 9.09. The molecule has 1 fully saturated rings. The highest BCUT2D eigenvalue weighted by atomic mass is 79.9. The van der Waals surface area contributed by atoms with Crippen molar-refractivity contribution in [3.63, 3.8) is 0 Å². The van der Waals surface area contributed by atoms with Crippen molar-refractivity contribution >= 4 is 15.9 Å². The molecule has 0 heterocycles. The van der Waals surface area contributed by atoms with Gasteiger partial charge in [0, 0.05) is 5.33 Å². The van der Waals surface area contributed by atoms with E-state index in [0.717, 1.165) is 23.2 Å². The van der Waals surface area contributed by atoms with Crippen molar-refractivity contribution in [2.24, 2.45) is 11.8 Å². The Kier molecular flexibility index (Phi) is 4.21. The molecule has 3 rings (SSSR count). The number of halogens is 2. The molecule has 0 radical (unpaired) electrons. The van der Waals surface area contributed by atoms with Crippen LogP contribution in [0.4, 0.5) is 4.39 Å². The lowest BCUT2D eigenvalue weighted by molar-refractivity contribution is 0.505. The summed E-state index contributed by atoms with van der Waals surface area (Å²) in [7, 11) is 0. The van der Waals surface area contributed by atoms with E-state index in [2.05, 4.69) is 46.3 Å². The Morgan fingerprint density at radius 2 is 1.90 bits per heavy atom. The van der Waals surface area contributed by atoms with Crippen LogP contribution in [-0.4, -0.2) is 5.33 Å². The molecule has 2 aromatic rings. The Morgan fingerprint density at radius 1 is 1.10 bits per heavy atom. The number of hydrogen-bond acceptors (Lipinski definition) is 0. The summed E-state index contributed by atoms with van der Waals surface area (Å²) in [5, 5.41) is 0.984. The van der Waals surface area contributed by atoms with Crippen molar-refractivity contribution in [3.05, 3.63) is 71.5 Å². The van der Waals surface area contributed by atoms with E-state index in [9.17, 15) is 4.39 Å². The first-order valence-corrected chi connectivity index (χ1v) is 8.25. The molecule has 0 bridgehead atoms. The molecule has 1 saturated carbocycles. The summed E-state index contributed by atoms with van der Waals surface area (Å²) in [6.45, 7) is 0. The molecule has 3 atom stereocenters. The third kappa shape index (κ3) is 3.12. The second-order valence-corrected chi connectivity index (χ2v) is 6.31. The Hall–Kier alpha value is -1.15. The van der Waals surface area contributed by atoms with Crippen molar-refractivity contribution in [2.75, 3.05) is 5.33 Å². The third-order valence-electron chi connectivity index (χ3n) is 4.26. The second kappa shape index (κ2) is 6.09. The van der Waals surface area contributed by atoms with Crippen molar-refractivity contribution in [3.8, 4) is 0 Å². The minimum absolute atomic E-state index is 0.133. The predicted octanol–water partition coefficient (Wildman–Crippen LogP) is 5.18. The molecule has 0 aliphatic heterocycles. The Morgan fingerprint density at radius 3 is 2.60 bits per heavy atom. The molecule has 2 heteroatoms. The number of hydrogen-bond donors (Lipinski definition) is 0. The summed E-state index contributed by atoms with van der Waals surface area (Å²) in [5.74, 6) is 1.86. The molecule has 1 aliphatic carbocycles. The molecule has 0 amide bonds. The fourth-order valence-corrected chi connectivity index (χ4v) is 3.82. The maximum Gasteiger partial charge on any atom is 0.123 e. The lowest BCUT2D eigenvalue weighted by Crippen LogP contribution is -2.10. The van der Waals surface area contributed by atoms with Crippen molar-refractivity contribution in [2.45, 2.75) is 18.8 Å². The van der Waals surface area contributed by atoms with E-state index in [4.69, 9.17) is 0 Å². The van der Waals surface area contributed by atoms with Gasteiger partial charge in [-0.3, -0.25) is 0 Å². The molecule has 1 aliphatic rings. The fourth-order valence-electron chi connectivity index (χ4n) is 3.11. The Balaban J connectivity index is 1.67. The van der Waals surface area contributed by atoms with Gasteiger partial charge in [-0.2, -0.15) is 0 Å². The van der Waals surface area contributed by atoms with Gasteiger partial charge in [0.1, 0.15) is 5.82 Å². The van der Waals surface area contributed by atoms with Gasteiger partial charge in [-0.15, -0.1) is 0 Å². The van der Waals surface area contributed by atoms with Crippen LogP contribution in [0.15, 0.2) is 54.6 Å². The fraction of sp³-hybridized carbons (Fsp3) is 0.333. The van der Waals surface area contributed by atoms with Crippen LogP contribution in [0.2, 0.25) is 0 Å². The summed E-state index contributed by atoms with van der Waals surface area (Å²) in [5.41, 5.74) is 2.55. The van der Waals surface area contributed by atoms with Crippen LogP contribution in [0.25, 0.3) is 0 Å². The molecule has 3 unspecified atom stereocenters. The van der Waals surface area contributed by atoms with Gasteiger partial charge < -0.3 is 0 Å². The average molecular weight is 333 g/mol. The van der Waals surface area contributed by atoms with Crippen LogP contribution in [0.1, 0.15) is 23.5 Å². The maximum absolute atomic E-state index is 13.3. The van der Waals surface area contributed by atoms with E-state index in [-0.39, 0.29) is 5.82 Å². The van der Waals surface area contributed by atoms with E-state index < -0.39 is 0 Å². The van der Waals surface area contributed by atoms with Gasteiger partial charge in [0.15, 0.2) is 0 Å². The maximum atomic E-state index is 13.3. The standard InChI is InChI=1S/C18H18BrF/c19-12-15(9-13-5-4-8-16(20)10-13)18-11-17(18)14-6-2-1-3-7-14/h1-8,10,15,17-18H,9,11-12H2. The van der Waals surface area contributed by atoms with Gasteiger partial charge in [-0.05, 0) is 53.9 Å².